The van der Waals surface area contributed by atoms with Crippen LogP contribution in [0.5, 0.6) is 0 Å². The van der Waals surface area contributed by atoms with E-state index in [0.717, 1.165) is 0 Å². The van der Waals surface area contributed by atoms with E-state index in [0.29, 0.717) is 0 Å². The molecule has 18 N–H and O–H groups in total. The smallest absolute Gasteiger partial charge is 0.187 e. The largest absolute Gasteiger partial charge is 0.394 e. The second kappa shape index (κ2) is 14.1. The summed E-state index contributed by atoms with van der Waals surface area (Å²) >= 11 is 0. The van der Waals surface area contributed by atoms with Gasteiger partial charge in [0.2, 0.25) is 0 Å². The Labute approximate surface area is 240 Å². The molecule has 0 aromatic heterocycles. The van der Waals surface area contributed by atoms with Gasteiger partial charge in [0.05, 0.1) is 31.4 Å². The zero-order valence-electron chi connectivity index (χ0n) is 22.7. The Morgan fingerprint density at radius 1 is 0.524 bits per heavy atom. The Morgan fingerprint density at radius 2 is 1.00 bits per heavy atom. The summed E-state index contributed by atoms with van der Waals surface area (Å²) in [5, 5.41) is 82.3. The van der Waals surface area contributed by atoms with E-state index in [1.54, 1.807) is 0 Å². The van der Waals surface area contributed by atoms with E-state index in [-0.39, 0.29) is 13.0 Å². The maximum atomic E-state index is 11.1. The first kappa shape index (κ1) is 34.1. The first-order valence-corrected chi connectivity index (χ1v) is 13.8. The van der Waals surface area contributed by atoms with E-state index in [9.17, 15) is 40.9 Å². The van der Waals surface area contributed by atoms with Crippen molar-refractivity contribution >= 4 is 0 Å². The van der Waals surface area contributed by atoms with E-state index >= 15 is 0 Å². The molecule has 1 saturated carbocycles. The fourth-order valence-electron chi connectivity index (χ4n) is 5.70. The number of rotatable bonds is 9. The second-order valence-electron chi connectivity index (χ2n) is 11.2. The summed E-state index contributed by atoms with van der Waals surface area (Å²) in [6, 6.07) is -4.30. The molecule has 15 unspecified atom stereocenters. The molecule has 3 heterocycles. The molecule has 3 saturated heterocycles. The van der Waals surface area contributed by atoms with E-state index in [1.165, 1.54) is 0 Å². The average molecular weight is 616 g/mol. The molecular formula is C23H45N5O14. The van der Waals surface area contributed by atoms with Gasteiger partial charge in [0, 0.05) is 18.6 Å². The third-order valence-electron chi connectivity index (χ3n) is 8.32. The molecule has 0 spiro atoms. The zero-order valence-corrected chi connectivity index (χ0v) is 22.7. The van der Waals surface area contributed by atoms with Gasteiger partial charge in [-0.25, -0.2) is 0 Å². The highest BCUT2D eigenvalue weighted by molar-refractivity contribution is 5.02. The first-order valence-electron chi connectivity index (χ1n) is 13.8. The molecule has 1 aliphatic carbocycles. The fourth-order valence-corrected chi connectivity index (χ4v) is 5.70. The first-order chi connectivity index (χ1) is 19.8. The lowest BCUT2D eigenvalue weighted by Crippen LogP contribution is -2.68. The lowest BCUT2D eigenvalue weighted by Gasteiger charge is -2.47. The minimum atomic E-state index is -1.62. The quantitative estimate of drug-likeness (QED) is 0.114. The molecule has 0 amide bonds. The zero-order chi connectivity index (χ0) is 31.0. The number of aliphatic hydroxyl groups is 8. The van der Waals surface area contributed by atoms with Crippen molar-refractivity contribution in [2.45, 2.75) is 123 Å². The highest BCUT2D eigenvalue weighted by atomic mass is 16.8. The highest BCUT2D eigenvalue weighted by Gasteiger charge is 2.54. The molecule has 0 aromatic carbocycles. The van der Waals surface area contributed by atoms with E-state index in [1.807, 2.05) is 0 Å². The van der Waals surface area contributed by atoms with Crippen LogP contribution in [0.2, 0.25) is 0 Å². The predicted molar refractivity (Wildman–Crippen MR) is 136 cm³/mol. The van der Waals surface area contributed by atoms with Crippen LogP contribution < -0.4 is 28.7 Å². The molecule has 0 radical (unpaired) electrons. The summed E-state index contributed by atoms with van der Waals surface area (Å²) in [5.41, 5.74) is 29.9. The van der Waals surface area contributed by atoms with Gasteiger partial charge in [-0.05, 0) is 6.42 Å². The Bertz CT molecular complexity index is 866. The van der Waals surface area contributed by atoms with Crippen molar-refractivity contribution in [3.8, 4) is 0 Å². The van der Waals surface area contributed by atoms with Crippen molar-refractivity contribution in [2.75, 3.05) is 19.8 Å². The van der Waals surface area contributed by atoms with Crippen molar-refractivity contribution in [1.29, 1.82) is 0 Å². The summed E-state index contributed by atoms with van der Waals surface area (Å²) < 4.78 is 34.4. The third kappa shape index (κ3) is 6.60. The lowest BCUT2D eigenvalue weighted by atomic mass is 9.84. The van der Waals surface area contributed by atoms with E-state index < -0.39 is 129 Å². The predicted octanol–water partition coefficient (Wildman–Crippen LogP) is -8.86. The average Bonchev–Trinajstić information content (AvgIpc) is 3.27. The maximum Gasteiger partial charge on any atom is 0.187 e. The van der Waals surface area contributed by atoms with Crippen LogP contribution in [0, 0.1) is 0 Å². The molecule has 3 aliphatic heterocycles. The van der Waals surface area contributed by atoms with Crippen LogP contribution in [0.15, 0.2) is 0 Å². The van der Waals surface area contributed by atoms with Crippen molar-refractivity contribution < 1.29 is 69.3 Å². The van der Waals surface area contributed by atoms with Crippen molar-refractivity contribution in [2.24, 2.45) is 28.7 Å². The standard InChI is InChI=1S/C23H45N5O14/c24-2-7-13(32)15(34)10(27)21(37-7)41-19-9(4-30)39-23(17(19)36)42-20-12(31)5(25)1-6(26)18(20)40-22-11(28)16(35)14(33)8(3-29)38-22/h5-23,29-36H,1-4,24-28H2/t5?,6?,7?,8?,9-,10?,11?,12?,13?,14?,15?,16?,17+,18?,19-,20?,21?,22?,23-/m1/s1. The minimum Gasteiger partial charge on any atom is -0.394 e. The Balaban J connectivity index is 1.50. The molecule has 19 nitrogen and oxygen atoms in total. The molecule has 0 bridgehead atoms. The normalized spacial score (nSPS) is 53.8. The number of aliphatic hydroxyl groups excluding tert-OH is 8. The SMILES string of the molecule is NCC1OC(O[C@H]2[C@H](O)[C@@H](OC3C(O)C(N)CC(N)C3OC3OC(CO)C(O)C(O)C3N)O[C@@H]2CO)C(N)C(O)C1O. The van der Waals surface area contributed by atoms with Crippen molar-refractivity contribution in [3.05, 3.63) is 0 Å². The van der Waals surface area contributed by atoms with E-state index in [2.05, 4.69) is 0 Å². The van der Waals surface area contributed by atoms with Crippen LogP contribution in [0.4, 0.5) is 0 Å². The van der Waals surface area contributed by atoms with Gasteiger partial charge >= 0.3 is 0 Å². The maximum absolute atomic E-state index is 11.1. The molecule has 4 fully saturated rings. The van der Waals surface area contributed by atoms with Crippen molar-refractivity contribution in [3.63, 3.8) is 0 Å². The van der Waals surface area contributed by atoms with Gasteiger partial charge < -0.3 is 97.9 Å². The van der Waals surface area contributed by atoms with Gasteiger partial charge in [-0.1, -0.05) is 0 Å². The van der Waals surface area contributed by atoms with Crippen LogP contribution in [-0.2, 0) is 28.4 Å². The third-order valence-corrected chi connectivity index (χ3v) is 8.32. The summed E-state index contributed by atoms with van der Waals surface area (Å²) in [6.07, 6.45) is -20.5. The minimum absolute atomic E-state index is 0.0642. The number of hydrogen-bond acceptors (Lipinski definition) is 19. The van der Waals surface area contributed by atoms with Crippen molar-refractivity contribution in [1.82, 2.24) is 0 Å². The van der Waals surface area contributed by atoms with Gasteiger partial charge in [-0.3, -0.25) is 0 Å². The van der Waals surface area contributed by atoms with Crippen LogP contribution in [0.1, 0.15) is 6.42 Å². The molecule has 19 atom stereocenters. The topological polar surface area (TPSA) is 347 Å². The summed E-state index contributed by atoms with van der Waals surface area (Å²) in [7, 11) is 0. The summed E-state index contributed by atoms with van der Waals surface area (Å²) in [5.74, 6) is 0. The fraction of sp³-hybridized carbons (Fsp3) is 1.00. The second-order valence-corrected chi connectivity index (χ2v) is 11.2. The van der Waals surface area contributed by atoms with Gasteiger partial charge in [0.1, 0.15) is 67.1 Å². The molecule has 246 valence electrons. The number of hydrogen-bond donors (Lipinski definition) is 13. The summed E-state index contributed by atoms with van der Waals surface area (Å²) in [6.45, 7) is -1.49. The monoisotopic (exact) mass is 615 g/mol. The van der Waals surface area contributed by atoms with E-state index in [4.69, 9.17) is 57.1 Å². The number of nitrogens with two attached hydrogens (primary N) is 5. The van der Waals surface area contributed by atoms with Gasteiger partial charge in [0.15, 0.2) is 18.9 Å². The molecule has 4 aliphatic rings. The molecule has 0 aromatic rings. The van der Waals surface area contributed by atoms with Crippen LogP contribution >= 0.6 is 0 Å². The van der Waals surface area contributed by atoms with Crippen LogP contribution in [0.25, 0.3) is 0 Å². The summed E-state index contributed by atoms with van der Waals surface area (Å²) in [4.78, 5) is 0. The highest BCUT2D eigenvalue weighted by Crippen LogP contribution is 2.34. The molecule has 19 heteroatoms. The molecule has 42 heavy (non-hydrogen) atoms. The van der Waals surface area contributed by atoms with Gasteiger partial charge in [-0.15, -0.1) is 0 Å². The van der Waals surface area contributed by atoms with Gasteiger partial charge in [-0.2, -0.15) is 0 Å². The Kier molecular flexibility index (Phi) is 11.5. The van der Waals surface area contributed by atoms with Crippen LogP contribution in [-0.4, -0.2) is 177 Å². The molecule has 4 rings (SSSR count). The van der Waals surface area contributed by atoms with Crippen LogP contribution in [0.3, 0.4) is 0 Å². The lowest BCUT2D eigenvalue weighted by molar-refractivity contribution is -0.310. The Hall–Kier alpha value is -0.760. The Morgan fingerprint density at radius 3 is 1.55 bits per heavy atom. The molecular weight excluding hydrogens is 570 g/mol. The number of ether oxygens (including phenoxy) is 6. The van der Waals surface area contributed by atoms with Gasteiger partial charge in [0.25, 0.3) is 0 Å².